The summed E-state index contributed by atoms with van der Waals surface area (Å²) in [4.78, 5) is 27.9. The number of nitrogens with one attached hydrogen (secondary N) is 1. The van der Waals surface area contributed by atoms with E-state index < -0.39 is 11.4 Å². The zero-order chi connectivity index (χ0) is 22.4. The number of halogens is 3. The van der Waals surface area contributed by atoms with Crippen molar-refractivity contribution in [3.63, 3.8) is 0 Å². The number of para-hydroxylation sites is 1. The van der Waals surface area contributed by atoms with Crippen LogP contribution in [0.25, 0.3) is 0 Å². The number of anilines is 1. The van der Waals surface area contributed by atoms with Crippen molar-refractivity contribution >= 4 is 52.3 Å². The smallest absolute Gasteiger partial charge is 0.263 e. The van der Waals surface area contributed by atoms with Gasteiger partial charge >= 0.3 is 0 Å². The maximum absolute atomic E-state index is 13.3. The molecule has 0 atom stereocenters. The van der Waals surface area contributed by atoms with Crippen LogP contribution in [0.3, 0.4) is 0 Å². The second-order valence-corrected chi connectivity index (χ2v) is 8.51. The first-order chi connectivity index (χ1) is 14.9. The standard InChI is InChI=1S/C22H23Cl3N2O4/c1-30-14-27(20(28)13-31-19-12-17(24)16(23)11-18(19)25)22(9-5-6-10-22)21(29)26-15-7-3-2-4-8-15/h2-4,7-8,11-12H,5-6,9-10,13-14H2,1H3,(H,26,29). The molecule has 1 aliphatic rings. The van der Waals surface area contributed by atoms with E-state index in [1.165, 1.54) is 24.1 Å². The first-order valence-corrected chi connectivity index (χ1v) is 10.9. The number of methoxy groups -OCH3 is 1. The Kier molecular flexibility index (Phi) is 8.06. The lowest BCUT2D eigenvalue weighted by atomic mass is 9.93. The largest absolute Gasteiger partial charge is 0.482 e. The van der Waals surface area contributed by atoms with Gasteiger partial charge in [0, 0.05) is 18.9 Å². The van der Waals surface area contributed by atoms with Gasteiger partial charge in [-0.3, -0.25) is 9.59 Å². The molecule has 6 nitrogen and oxygen atoms in total. The Balaban J connectivity index is 1.79. The summed E-state index contributed by atoms with van der Waals surface area (Å²) in [6.45, 7) is -0.374. The topological polar surface area (TPSA) is 67.9 Å². The van der Waals surface area contributed by atoms with E-state index >= 15 is 0 Å². The monoisotopic (exact) mass is 484 g/mol. The van der Waals surface area contributed by atoms with Crippen molar-refractivity contribution in [3.8, 4) is 5.75 Å². The van der Waals surface area contributed by atoms with Crippen LogP contribution in [0, 0.1) is 0 Å². The molecule has 3 rings (SSSR count). The summed E-state index contributed by atoms with van der Waals surface area (Å²) >= 11 is 18.1. The van der Waals surface area contributed by atoms with Gasteiger partial charge in [-0.25, -0.2) is 0 Å². The van der Waals surface area contributed by atoms with Crippen molar-refractivity contribution in [2.75, 3.05) is 25.8 Å². The second-order valence-electron chi connectivity index (χ2n) is 7.28. The van der Waals surface area contributed by atoms with E-state index in [1.54, 1.807) is 12.1 Å². The fraction of sp³-hybridized carbons (Fsp3) is 0.364. The van der Waals surface area contributed by atoms with E-state index in [0.717, 1.165) is 12.8 Å². The van der Waals surface area contributed by atoms with E-state index in [-0.39, 0.29) is 40.1 Å². The van der Waals surface area contributed by atoms with Gasteiger partial charge in [-0.05, 0) is 31.0 Å². The van der Waals surface area contributed by atoms with Crippen LogP contribution in [0.4, 0.5) is 5.69 Å². The Morgan fingerprint density at radius 3 is 2.32 bits per heavy atom. The molecule has 1 aliphatic carbocycles. The summed E-state index contributed by atoms with van der Waals surface area (Å²) in [6, 6.07) is 12.1. The second kappa shape index (κ2) is 10.6. The molecule has 0 aromatic heterocycles. The number of carbonyl (C=O) groups excluding carboxylic acids is 2. The summed E-state index contributed by atoms with van der Waals surface area (Å²) < 4.78 is 10.9. The molecule has 166 valence electrons. The maximum Gasteiger partial charge on any atom is 0.263 e. The number of carbonyl (C=O) groups is 2. The third-order valence-corrected chi connectivity index (χ3v) is 6.30. The van der Waals surface area contributed by atoms with Crippen LogP contribution in [-0.2, 0) is 14.3 Å². The highest BCUT2D eigenvalue weighted by molar-refractivity contribution is 6.43. The van der Waals surface area contributed by atoms with Gasteiger partial charge in [0.2, 0.25) is 5.91 Å². The van der Waals surface area contributed by atoms with E-state index in [4.69, 9.17) is 44.3 Å². The number of nitrogens with zero attached hydrogens (tertiary/aromatic N) is 1. The minimum atomic E-state index is -1.02. The highest BCUT2D eigenvalue weighted by Crippen LogP contribution is 2.37. The summed E-state index contributed by atoms with van der Waals surface area (Å²) in [5.41, 5.74) is -0.351. The highest BCUT2D eigenvalue weighted by Gasteiger charge is 2.48. The predicted molar refractivity (Wildman–Crippen MR) is 122 cm³/mol. The van der Waals surface area contributed by atoms with Crippen molar-refractivity contribution in [1.82, 2.24) is 4.90 Å². The van der Waals surface area contributed by atoms with Gasteiger partial charge in [-0.1, -0.05) is 65.8 Å². The molecule has 0 heterocycles. The average Bonchev–Trinajstić information content (AvgIpc) is 3.25. The number of hydrogen-bond donors (Lipinski definition) is 1. The van der Waals surface area contributed by atoms with E-state index in [1.807, 2.05) is 18.2 Å². The minimum absolute atomic E-state index is 0.0422. The Morgan fingerprint density at radius 2 is 1.68 bits per heavy atom. The lowest BCUT2D eigenvalue weighted by molar-refractivity contribution is -0.153. The zero-order valence-electron chi connectivity index (χ0n) is 17.0. The van der Waals surface area contributed by atoms with Crippen LogP contribution in [0.15, 0.2) is 42.5 Å². The van der Waals surface area contributed by atoms with E-state index in [2.05, 4.69) is 5.32 Å². The Labute approximate surface area is 196 Å². The van der Waals surface area contributed by atoms with Gasteiger partial charge in [-0.15, -0.1) is 0 Å². The third kappa shape index (κ3) is 5.44. The number of rotatable bonds is 8. The van der Waals surface area contributed by atoms with Crippen LogP contribution in [-0.4, -0.2) is 42.7 Å². The van der Waals surface area contributed by atoms with Crippen molar-refractivity contribution < 1.29 is 19.1 Å². The fourth-order valence-electron chi connectivity index (χ4n) is 3.74. The number of benzene rings is 2. The molecule has 2 amide bonds. The van der Waals surface area contributed by atoms with Gasteiger partial charge in [0.25, 0.3) is 5.91 Å². The van der Waals surface area contributed by atoms with Crippen molar-refractivity contribution in [2.24, 2.45) is 0 Å². The molecule has 1 N–H and O–H groups in total. The molecule has 2 aromatic carbocycles. The van der Waals surface area contributed by atoms with Crippen LogP contribution < -0.4 is 10.1 Å². The molecule has 0 radical (unpaired) electrons. The number of amides is 2. The van der Waals surface area contributed by atoms with Gasteiger partial charge in [-0.2, -0.15) is 0 Å². The molecule has 0 unspecified atom stereocenters. The first-order valence-electron chi connectivity index (χ1n) is 9.80. The van der Waals surface area contributed by atoms with Crippen molar-refractivity contribution in [3.05, 3.63) is 57.5 Å². The Hall–Kier alpha value is -1.99. The lowest BCUT2D eigenvalue weighted by Gasteiger charge is -2.39. The van der Waals surface area contributed by atoms with E-state index in [9.17, 15) is 9.59 Å². The summed E-state index contributed by atoms with van der Waals surface area (Å²) in [6.07, 6.45) is 2.73. The minimum Gasteiger partial charge on any atom is -0.482 e. The molecule has 2 aromatic rings. The molecule has 0 bridgehead atoms. The van der Waals surface area contributed by atoms with Gasteiger partial charge in [0.05, 0.1) is 15.1 Å². The molecular weight excluding hydrogens is 463 g/mol. The summed E-state index contributed by atoms with van der Waals surface area (Å²) in [5, 5.41) is 3.71. The van der Waals surface area contributed by atoms with Gasteiger partial charge in [0.1, 0.15) is 18.0 Å². The molecule has 0 spiro atoms. The molecular formula is C22H23Cl3N2O4. The maximum atomic E-state index is 13.3. The molecule has 9 heteroatoms. The molecule has 1 fully saturated rings. The van der Waals surface area contributed by atoms with Crippen LogP contribution in [0.2, 0.25) is 15.1 Å². The zero-order valence-corrected chi connectivity index (χ0v) is 19.3. The molecule has 31 heavy (non-hydrogen) atoms. The van der Waals surface area contributed by atoms with Crippen molar-refractivity contribution in [1.29, 1.82) is 0 Å². The number of ether oxygens (including phenoxy) is 2. The quantitative estimate of drug-likeness (QED) is 0.401. The highest BCUT2D eigenvalue weighted by atomic mass is 35.5. The molecule has 0 aliphatic heterocycles. The van der Waals surface area contributed by atoms with Gasteiger partial charge in [0.15, 0.2) is 6.61 Å². The summed E-state index contributed by atoms with van der Waals surface area (Å²) in [5.74, 6) is -0.403. The Bertz CT molecular complexity index is 934. The normalized spacial score (nSPS) is 14.8. The molecule has 0 saturated heterocycles. The van der Waals surface area contributed by atoms with E-state index in [0.29, 0.717) is 18.5 Å². The van der Waals surface area contributed by atoms with Crippen LogP contribution in [0.5, 0.6) is 5.75 Å². The summed E-state index contributed by atoms with van der Waals surface area (Å²) in [7, 11) is 1.48. The van der Waals surface area contributed by atoms with Crippen LogP contribution in [0.1, 0.15) is 25.7 Å². The van der Waals surface area contributed by atoms with Crippen LogP contribution >= 0.6 is 34.8 Å². The third-order valence-electron chi connectivity index (χ3n) is 5.29. The molecule has 1 saturated carbocycles. The van der Waals surface area contributed by atoms with Gasteiger partial charge < -0.3 is 19.7 Å². The lowest BCUT2D eigenvalue weighted by Crippen LogP contribution is -2.59. The fourth-order valence-corrected chi connectivity index (χ4v) is 4.34. The Morgan fingerprint density at radius 1 is 1.03 bits per heavy atom. The SMILES string of the molecule is COCN(C(=O)COc1cc(Cl)c(Cl)cc1Cl)C1(C(=O)Nc2ccccc2)CCCC1. The van der Waals surface area contributed by atoms with Crippen molar-refractivity contribution in [2.45, 2.75) is 31.2 Å². The predicted octanol–water partition coefficient (Wildman–Crippen LogP) is 5.41. The number of hydrogen-bond acceptors (Lipinski definition) is 4. The first kappa shape index (κ1) is 23.7. The average molecular weight is 486 g/mol.